The van der Waals surface area contributed by atoms with Gasteiger partial charge in [0.1, 0.15) is 6.54 Å². The molecule has 7 nitrogen and oxygen atoms in total. The summed E-state index contributed by atoms with van der Waals surface area (Å²) in [5, 5.41) is 12.5. The van der Waals surface area contributed by atoms with Crippen LogP contribution >= 0.6 is 0 Å². The number of nitrogens with zero attached hydrogens (tertiary/aromatic N) is 1. The van der Waals surface area contributed by atoms with Gasteiger partial charge in [0, 0.05) is 12.3 Å². The lowest BCUT2D eigenvalue weighted by Gasteiger charge is -2.38. The van der Waals surface area contributed by atoms with Crippen LogP contribution in [-0.2, 0) is 11.3 Å². The molecule has 21 heavy (non-hydrogen) atoms. The number of carbonyl (C=O) groups is 1. The SMILES string of the molecule is CC1CCC(CO)(NC(=O)Cn2ccc(=O)[nH]c2=O)CC1. The van der Waals surface area contributed by atoms with Crippen LogP contribution in [0.2, 0.25) is 0 Å². The van der Waals surface area contributed by atoms with Crippen LogP contribution in [0.15, 0.2) is 21.9 Å². The Labute approximate surface area is 122 Å². The highest BCUT2D eigenvalue weighted by Crippen LogP contribution is 2.31. The monoisotopic (exact) mass is 295 g/mol. The zero-order chi connectivity index (χ0) is 15.5. The summed E-state index contributed by atoms with van der Waals surface area (Å²) in [6, 6.07) is 1.19. The molecule has 1 saturated carbocycles. The summed E-state index contributed by atoms with van der Waals surface area (Å²) in [5.41, 5.74) is -1.70. The molecule has 1 aromatic heterocycles. The molecule has 2 rings (SSSR count). The highest BCUT2D eigenvalue weighted by Gasteiger charge is 2.34. The predicted octanol–water partition coefficient (Wildman–Crippen LogP) is -0.406. The summed E-state index contributed by atoms with van der Waals surface area (Å²) in [6.07, 6.45) is 4.67. The zero-order valence-electron chi connectivity index (χ0n) is 12.1. The molecule has 0 bridgehead atoms. The first kappa shape index (κ1) is 15.5. The summed E-state index contributed by atoms with van der Waals surface area (Å²) in [7, 11) is 0. The van der Waals surface area contributed by atoms with Crippen LogP contribution in [0.4, 0.5) is 0 Å². The van der Waals surface area contributed by atoms with E-state index >= 15 is 0 Å². The van der Waals surface area contributed by atoms with E-state index in [4.69, 9.17) is 0 Å². The molecule has 0 spiro atoms. The molecular formula is C14H21N3O4. The first-order chi connectivity index (χ1) is 9.94. The number of nitrogens with one attached hydrogen (secondary N) is 2. The second-order valence-electron chi connectivity index (χ2n) is 5.91. The fraction of sp³-hybridized carbons (Fsp3) is 0.643. The van der Waals surface area contributed by atoms with Crippen LogP contribution in [0.25, 0.3) is 0 Å². The van der Waals surface area contributed by atoms with Crippen molar-refractivity contribution in [3.63, 3.8) is 0 Å². The lowest BCUT2D eigenvalue weighted by atomic mass is 9.77. The fourth-order valence-corrected chi connectivity index (χ4v) is 2.70. The number of aliphatic hydroxyl groups excluding tert-OH is 1. The summed E-state index contributed by atoms with van der Waals surface area (Å²) >= 11 is 0. The summed E-state index contributed by atoms with van der Waals surface area (Å²) in [6.45, 7) is 1.88. The van der Waals surface area contributed by atoms with Gasteiger partial charge in [-0.2, -0.15) is 0 Å². The topological polar surface area (TPSA) is 104 Å². The largest absolute Gasteiger partial charge is 0.394 e. The average Bonchev–Trinajstić information content (AvgIpc) is 2.45. The molecular weight excluding hydrogens is 274 g/mol. The number of aromatic nitrogens is 2. The van der Waals surface area contributed by atoms with E-state index in [9.17, 15) is 19.5 Å². The molecule has 1 amide bonds. The van der Waals surface area contributed by atoms with Crippen LogP contribution < -0.4 is 16.6 Å². The molecule has 0 aliphatic heterocycles. The van der Waals surface area contributed by atoms with Crippen LogP contribution in [-0.4, -0.2) is 32.7 Å². The molecule has 7 heteroatoms. The van der Waals surface area contributed by atoms with Crippen LogP contribution in [0.5, 0.6) is 0 Å². The van der Waals surface area contributed by atoms with E-state index in [-0.39, 0.29) is 19.1 Å². The van der Waals surface area contributed by atoms with Crippen molar-refractivity contribution in [1.29, 1.82) is 0 Å². The lowest BCUT2D eigenvalue weighted by molar-refractivity contribution is -0.125. The number of hydrogen-bond acceptors (Lipinski definition) is 4. The van der Waals surface area contributed by atoms with E-state index < -0.39 is 16.8 Å². The summed E-state index contributed by atoms with van der Waals surface area (Å²) < 4.78 is 1.13. The molecule has 0 unspecified atom stereocenters. The molecule has 0 saturated heterocycles. The van der Waals surface area contributed by atoms with Gasteiger partial charge >= 0.3 is 5.69 Å². The second-order valence-corrected chi connectivity index (χ2v) is 5.91. The van der Waals surface area contributed by atoms with Gasteiger partial charge in [0.15, 0.2) is 0 Å². The molecule has 1 fully saturated rings. The van der Waals surface area contributed by atoms with Gasteiger partial charge in [0.05, 0.1) is 12.1 Å². The Kier molecular flexibility index (Phi) is 4.62. The number of aromatic amines is 1. The predicted molar refractivity (Wildman–Crippen MR) is 76.9 cm³/mol. The molecule has 1 aromatic rings. The Bertz CT molecular complexity index is 611. The average molecular weight is 295 g/mol. The Balaban J connectivity index is 2.03. The molecule has 1 aliphatic carbocycles. The van der Waals surface area contributed by atoms with Gasteiger partial charge < -0.3 is 10.4 Å². The molecule has 3 N–H and O–H groups in total. The molecule has 116 valence electrons. The van der Waals surface area contributed by atoms with Gasteiger partial charge in [0.2, 0.25) is 5.91 Å². The first-order valence-corrected chi connectivity index (χ1v) is 7.16. The Morgan fingerprint density at radius 3 is 2.71 bits per heavy atom. The third kappa shape index (κ3) is 3.81. The minimum Gasteiger partial charge on any atom is -0.394 e. The van der Waals surface area contributed by atoms with E-state index in [1.807, 2.05) is 0 Å². The normalized spacial score (nSPS) is 25.5. The molecule has 0 atom stereocenters. The van der Waals surface area contributed by atoms with Gasteiger partial charge in [-0.1, -0.05) is 6.92 Å². The number of H-pyrrole nitrogens is 1. The maximum Gasteiger partial charge on any atom is 0.328 e. The fourth-order valence-electron chi connectivity index (χ4n) is 2.70. The van der Waals surface area contributed by atoms with Crippen molar-refractivity contribution in [2.24, 2.45) is 5.92 Å². The van der Waals surface area contributed by atoms with Gasteiger partial charge in [0.25, 0.3) is 5.56 Å². The van der Waals surface area contributed by atoms with Crippen molar-refractivity contribution in [3.8, 4) is 0 Å². The van der Waals surface area contributed by atoms with Crippen molar-refractivity contribution >= 4 is 5.91 Å². The molecule has 1 heterocycles. The van der Waals surface area contributed by atoms with E-state index in [1.54, 1.807) is 0 Å². The van der Waals surface area contributed by atoms with Crippen LogP contribution in [0.1, 0.15) is 32.6 Å². The minimum absolute atomic E-state index is 0.105. The third-order valence-corrected chi connectivity index (χ3v) is 4.15. The van der Waals surface area contributed by atoms with Crippen molar-refractivity contribution < 1.29 is 9.90 Å². The Morgan fingerprint density at radius 2 is 2.14 bits per heavy atom. The maximum atomic E-state index is 12.1. The molecule has 0 radical (unpaired) electrons. The van der Waals surface area contributed by atoms with Crippen molar-refractivity contribution in [2.45, 2.75) is 44.7 Å². The highest BCUT2D eigenvalue weighted by atomic mass is 16.3. The first-order valence-electron chi connectivity index (χ1n) is 7.16. The number of amides is 1. The van der Waals surface area contributed by atoms with E-state index in [0.29, 0.717) is 5.92 Å². The Morgan fingerprint density at radius 1 is 1.48 bits per heavy atom. The zero-order valence-corrected chi connectivity index (χ0v) is 12.1. The quantitative estimate of drug-likeness (QED) is 0.702. The Hall–Kier alpha value is -1.89. The van der Waals surface area contributed by atoms with E-state index in [1.165, 1.54) is 12.3 Å². The van der Waals surface area contributed by atoms with E-state index in [0.717, 1.165) is 30.3 Å². The minimum atomic E-state index is -0.618. The van der Waals surface area contributed by atoms with Crippen molar-refractivity contribution in [3.05, 3.63) is 33.1 Å². The second kappa shape index (κ2) is 6.26. The van der Waals surface area contributed by atoms with E-state index in [2.05, 4.69) is 17.2 Å². The van der Waals surface area contributed by atoms with Crippen molar-refractivity contribution in [1.82, 2.24) is 14.9 Å². The molecule has 1 aliphatic rings. The third-order valence-electron chi connectivity index (χ3n) is 4.15. The van der Waals surface area contributed by atoms with Gasteiger partial charge in [-0.3, -0.25) is 19.1 Å². The van der Waals surface area contributed by atoms with Crippen LogP contribution in [0.3, 0.4) is 0 Å². The number of aliphatic hydroxyl groups is 1. The number of rotatable bonds is 4. The summed E-state index contributed by atoms with van der Waals surface area (Å²) in [5.74, 6) is 0.260. The number of hydrogen-bond donors (Lipinski definition) is 3. The standard InChI is InChI=1S/C14H21N3O4/c1-10-2-5-14(9-18,6-3-10)16-12(20)8-17-7-4-11(19)15-13(17)21/h4,7,10,18H,2-3,5-6,8-9H2,1H3,(H,16,20)(H,15,19,21). The van der Waals surface area contributed by atoms with Crippen molar-refractivity contribution in [2.75, 3.05) is 6.61 Å². The number of carbonyl (C=O) groups excluding carboxylic acids is 1. The smallest absolute Gasteiger partial charge is 0.328 e. The highest BCUT2D eigenvalue weighted by molar-refractivity contribution is 5.76. The van der Waals surface area contributed by atoms with Gasteiger partial charge in [-0.05, 0) is 31.6 Å². The van der Waals surface area contributed by atoms with Gasteiger partial charge in [-0.15, -0.1) is 0 Å². The lowest BCUT2D eigenvalue weighted by Crippen LogP contribution is -2.54. The summed E-state index contributed by atoms with van der Waals surface area (Å²) in [4.78, 5) is 36.7. The van der Waals surface area contributed by atoms with Crippen LogP contribution in [0, 0.1) is 5.92 Å². The molecule has 0 aromatic carbocycles. The maximum absolute atomic E-state index is 12.1. The van der Waals surface area contributed by atoms with Gasteiger partial charge in [-0.25, -0.2) is 4.79 Å².